The third-order valence-corrected chi connectivity index (χ3v) is 3.93. The van der Waals surface area contributed by atoms with Crippen LogP contribution in [0.4, 0.5) is 5.69 Å². The molecular formula is C15H24N2O2. The van der Waals surface area contributed by atoms with Gasteiger partial charge in [0.2, 0.25) is 0 Å². The Morgan fingerprint density at radius 1 is 1.21 bits per heavy atom. The van der Waals surface area contributed by atoms with E-state index in [-0.39, 0.29) is 12.2 Å². The fourth-order valence-corrected chi connectivity index (χ4v) is 2.72. The van der Waals surface area contributed by atoms with Gasteiger partial charge in [-0.05, 0) is 43.1 Å². The van der Waals surface area contributed by atoms with Crippen LogP contribution in [0.5, 0.6) is 0 Å². The van der Waals surface area contributed by atoms with E-state index in [1.165, 1.54) is 16.8 Å². The Morgan fingerprint density at radius 2 is 1.84 bits per heavy atom. The lowest BCUT2D eigenvalue weighted by atomic mass is 10.0. The highest BCUT2D eigenvalue weighted by Gasteiger charge is 2.33. The molecule has 1 heterocycles. The summed E-state index contributed by atoms with van der Waals surface area (Å²) in [6.07, 6.45) is 1.23. The first-order valence-corrected chi connectivity index (χ1v) is 6.79. The summed E-state index contributed by atoms with van der Waals surface area (Å²) in [5, 5.41) is 0. The number of benzene rings is 1. The summed E-state index contributed by atoms with van der Waals surface area (Å²) < 4.78 is 11.0. The molecule has 0 bridgehead atoms. The summed E-state index contributed by atoms with van der Waals surface area (Å²) in [5.41, 5.74) is 9.49. The Labute approximate surface area is 115 Å². The van der Waals surface area contributed by atoms with Crippen LogP contribution in [-0.2, 0) is 15.9 Å². The van der Waals surface area contributed by atoms with Gasteiger partial charge in [-0.15, -0.1) is 0 Å². The van der Waals surface area contributed by atoms with Crippen LogP contribution in [0.3, 0.4) is 0 Å². The van der Waals surface area contributed by atoms with Gasteiger partial charge in [-0.2, -0.15) is 0 Å². The smallest absolute Gasteiger partial charge is 0.102 e. The maximum atomic E-state index is 5.62. The molecule has 4 nitrogen and oxygen atoms in total. The minimum atomic E-state index is 0.147. The summed E-state index contributed by atoms with van der Waals surface area (Å²) in [4.78, 5) is 2.32. The van der Waals surface area contributed by atoms with Crippen LogP contribution in [-0.4, -0.2) is 46.1 Å². The van der Waals surface area contributed by atoms with Crippen LogP contribution in [0.15, 0.2) is 18.2 Å². The van der Waals surface area contributed by atoms with E-state index in [0.717, 1.165) is 19.5 Å². The molecule has 1 aliphatic heterocycles. The number of rotatable bonds is 5. The molecule has 1 fully saturated rings. The van der Waals surface area contributed by atoms with Gasteiger partial charge in [0.15, 0.2) is 0 Å². The minimum Gasteiger partial charge on any atom is -0.377 e. The highest BCUT2D eigenvalue weighted by Crippen LogP contribution is 2.25. The molecule has 2 N–H and O–H groups in total. The van der Waals surface area contributed by atoms with Crippen LogP contribution < -0.4 is 10.6 Å². The van der Waals surface area contributed by atoms with Crippen molar-refractivity contribution in [3.63, 3.8) is 0 Å². The number of ether oxygens (including phenoxy) is 2. The molecule has 2 unspecified atom stereocenters. The molecular weight excluding hydrogens is 240 g/mol. The molecule has 4 heteroatoms. The lowest BCUT2D eigenvalue weighted by Gasteiger charge is -2.19. The molecule has 2 rings (SSSR count). The van der Waals surface area contributed by atoms with Crippen LogP contribution in [0.1, 0.15) is 11.1 Å². The molecule has 106 valence electrons. The van der Waals surface area contributed by atoms with E-state index >= 15 is 0 Å². The van der Waals surface area contributed by atoms with Gasteiger partial charge in [-0.1, -0.05) is 6.07 Å². The molecule has 0 aliphatic carbocycles. The number of nitrogens with two attached hydrogens (primary N) is 1. The van der Waals surface area contributed by atoms with Crippen molar-refractivity contribution >= 4 is 5.69 Å². The van der Waals surface area contributed by atoms with Gasteiger partial charge in [0.1, 0.15) is 12.2 Å². The Morgan fingerprint density at radius 3 is 2.32 bits per heavy atom. The second-order valence-corrected chi connectivity index (χ2v) is 5.10. The first-order valence-electron chi connectivity index (χ1n) is 6.79. The number of aryl methyl sites for hydroxylation is 1. The van der Waals surface area contributed by atoms with Crippen LogP contribution in [0.2, 0.25) is 0 Å². The second-order valence-electron chi connectivity index (χ2n) is 5.10. The number of nitrogens with zero attached hydrogens (tertiary/aromatic N) is 1. The van der Waals surface area contributed by atoms with Gasteiger partial charge in [0.25, 0.3) is 0 Å². The summed E-state index contributed by atoms with van der Waals surface area (Å²) >= 11 is 0. The van der Waals surface area contributed by atoms with Crippen molar-refractivity contribution < 1.29 is 9.47 Å². The molecule has 1 aromatic carbocycles. The van der Waals surface area contributed by atoms with Crippen LogP contribution >= 0.6 is 0 Å². The zero-order valence-electron chi connectivity index (χ0n) is 12.1. The van der Waals surface area contributed by atoms with Gasteiger partial charge in [-0.25, -0.2) is 0 Å². The van der Waals surface area contributed by atoms with E-state index < -0.39 is 0 Å². The van der Waals surface area contributed by atoms with Gasteiger partial charge >= 0.3 is 0 Å². The van der Waals surface area contributed by atoms with Crippen LogP contribution in [0, 0.1) is 6.92 Å². The first-order chi connectivity index (χ1) is 9.19. The largest absolute Gasteiger partial charge is 0.377 e. The minimum absolute atomic E-state index is 0.147. The number of hydrogen-bond donors (Lipinski definition) is 1. The van der Waals surface area contributed by atoms with Crippen molar-refractivity contribution in [2.24, 2.45) is 5.73 Å². The van der Waals surface area contributed by atoms with Gasteiger partial charge in [0.05, 0.1) is 0 Å². The van der Waals surface area contributed by atoms with E-state index in [1.54, 1.807) is 14.2 Å². The highest BCUT2D eigenvalue weighted by atomic mass is 16.5. The van der Waals surface area contributed by atoms with E-state index in [4.69, 9.17) is 15.2 Å². The maximum absolute atomic E-state index is 5.62. The van der Waals surface area contributed by atoms with Crippen molar-refractivity contribution in [2.75, 3.05) is 38.8 Å². The summed E-state index contributed by atoms with van der Waals surface area (Å²) in [6.45, 7) is 4.60. The number of anilines is 1. The van der Waals surface area contributed by atoms with E-state index in [2.05, 4.69) is 30.0 Å². The Bertz CT molecular complexity index is 411. The molecule has 1 aromatic rings. The van der Waals surface area contributed by atoms with Crippen LogP contribution in [0.25, 0.3) is 0 Å². The summed E-state index contributed by atoms with van der Waals surface area (Å²) in [5.74, 6) is 0. The monoisotopic (exact) mass is 264 g/mol. The van der Waals surface area contributed by atoms with Gasteiger partial charge < -0.3 is 20.1 Å². The molecule has 0 amide bonds. The van der Waals surface area contributed by atoms with Gasteiger partial charge in [0, 0.05) is 33.0 Å². The summed E-state index contributed by atoms with van der Waals surface area (Å²) in [7, 11) is 3.49. The number of hydrogen-bond acceptors (Lipinski definition) is 4. The van der Waals surface area contributed by atoms with E-state index in [0.29, 0.717) is 6.54 Å². The number of methoxy groups -OCH3 is 2. The maximum Gasteiger partial charge on any atom is 0.102 e. The fourth-order valence-electron chi connectivity index (χ4n) is 2.72. The highest BCUT2D eigenvalue weighted by molar-refractivity contribution is 5.52. The molecule has 0 spiro atoms. The van der Waals surface area contributed by atoms with Crippen molar-refractivity contribution in [3.05, 3.63) is 29.3 Å². The lowest BCUT2D eigenvalue weighted by Crippen LogP contribution is -2.27. The third kappa shape index (κ3) is 3.08. The quantitative estimate of drug-likeness (QED) is 0.872. The molecule has 0 radical (unpaired) electrons. The average Bonchev–Trinajstić information content (AvgIpc) is 2.84. The molecule has 1 saturated heterocycles. The lowest BCUT2D eigenvalue weighted by molar-refractivity contribution is -0.00461. The zero-order chi connectivity index (χ0) is 13.8. The average molecular weight is 264 g/mol. The Kier molecular flexibility index (Phi) is 4.80. The van der Waals surface area contributed by atoms with Crippen molar-refractivity contribution in [3.8, 4) is 0 Å². The zero-order valence-corrected chi connectivity index (χ0v) is 12.1. The van der Waals surface area contributed by atoms with E-state index in [9.17, 15) is 0 Å². The first kappa shape index (κ1) is 14.3. The molecule has 2 atom stereocenters. The Hall–Kier alpha value is -1.10. The predicted octanol–water partition coefficient (Wildman–Crippen LogP) is 1.35. The topological polar surface area (TPSA) is 47.7 Å². The standard InChI is InChI=1S/C15H24N2O2/c1-11-8-13(5-4-12(11)6-7-16)17-9-14(18-2)15(10-17)19-3/h4-5,8,14-15H,6-7,9-10,16H2,1-3H3. The Balaban J connectivity index is 2.13. The molecule has 1 aliphatic rings. The van der Waals surface area contributed by atoms with E-state index in [1.807, 2.05) is 0 Å². The molecule has 0 aromatic heterocycles. The normalized spacial score (nSPS) is 23.1. The second kappa shape index (κ2) is 6.37. The predicted molar refractivity (Wildman–Crippen MR) is 77.7 cm³/mol. The van der Waals surface area contributed by atoms with Crippen molar-refractivity contribution in [1.82, 2.24) is 0 Å². The molecule has 19 heavy (non-hydrogen) atoms. The third-order valence-electron chi connectivity index (χ3n) is 3.93. The SMILES string of the molecule is COC1CN(c2ccc(CCN)c(C)c2)CC1OC. The summed E-state index contributed by atoms with van der Waals surface area (Å²) in [6, 6.07) is 6.58. The van der Waals surface area contributed by atoms with Crippen molar-refractivity contribution in [2.45, 2.75) is 25.6 Å². The molecule has 0 saturated carbocycles. The fraction of sp³-hybridized carbons (Fsp3) is 0.600. The van der Waals surface area contributed by atoms with Gasteiger partial charge in [-0.3, -0.25) is 0 Å². The van der Waals surface area contributed by atoms with Crippen molar-refractivity contribution in [1.29, 1.82) is 0 Å².